The number of hydrogen-bond donors (Lipinski definition) is 2. The zero-order valence-electron chi connectivity index (χ0n) is 17.3. The number of nitrogens with zero attached hydrogens (tertiary/aromatic N) is 1. The summed E-state index contributed by atoms with van der Waals surface area (Å²) in [7, 11) is 0. The lowest BCUT2D eigenvalue weighted by Crippen LogP contribution is -2.42. The zero-order valence-corrected chi connectivity index (χ0v) is 17.3. The lowest BCUT2D eigenvalue weighted by atomic mass is 9.98. The third kappa shape index (κ3) is 4.38. The second-order valence-corrected chi connectivity index (χ2v) is 7.68. The van der Waals surface area contributed by atoms with Gasteiger partial charge in [0.25, 0.3) is 5.91 Å². The third-order valence-electron chi connectivity index (χ3n) is 5.42. The largest absolute Gasteiger partial charge is 0.334 e. The van der Waals surface area contributed by atoms with Gasteiger partial charge in [0.1, 0.15) is 5.82 Å². The minimum absolute atomic E-state index is 0.290. The van der Waals surface area contributed by atoms with Crippen LogP contribution in [0.5, 0.6) is 0 Å². The fourth-order valence-electron chi connectivity index (χ4n) is 3.65. The van der Waals surface area contributed by atoms with Gasteiger partial charge in [-0.1, -0.05) is 48.0 Å². The summed E-state index contributed by atoms with van der Waals surface area (Å²) < 4.78 is 15.0. The van der Waals surface area contributed by atoms with E-state index in [1.165, 1.54) is 24.3 Å². The predicted molar refractivity (Wildman–Crippen MR) is 116 cm³/mol. The van der Waals surface area contributed by atoms with Crippen molar-refractivity contribution < 1.29 is 18.7 Å². The maximum atomic E-state index is 13.2. The molecule has 1 fully saturated rings. The van der Waals surface area contributed by atoms with Crippen molar-refractivity contribution >= 4 is 18.0 Å². The van der Waals surface area contributed by atoms with Crippen molar-refractivity contribution in [2.75, 3.05) is 0 Å². The number of hydrazine groups is 1. The standard InChI is InChI=1S/C25H22FN3O2/c1-16-7-9-18(10-8-16)23-22(27-24(30)19-11-13-21(26)14-12-19)25(31)28-29(23)15-20-6-4-3-5-17(20)2/h3-15,22-23H,1-2H3,(H-,27,28,30,31)/p+1/b29-15-/t22-,23+/m0/s1. The van der Waals surface area contributed by atoms with E-state index in [0.29, 0.717) is 0 Å². The highest BCUT2D eigenvalue weighted by Crippen LogP contribution is 2.26. The molecule has 1 aliphatic heterocycles. The van der Waals surface area contributed by atoms with Crippen LogP contribution in [0.2, 0.25) is 0 Å². The second-order valence-electron chi connectivity index (χ2n) is 7.68. The van der Waals surface area contributed by atoms with Gasteiger partial charge in [-0.25, -0.2) is 4.39 Å². The molecule has 31 heavy (non-hydrogen) atoms. The Kier molecular flexibility index (Phi) is 5.62. The highest BCUT2D eigenvalue weighted by atomic mass is 19.1. The lowest BCUT2D eigenvalue weighted by Gasteiger charge is -2.15. The first-order chi connectivity index (χ1) is 14.9. The van der Waals surface area contributed by atoms with Crippen molar-refractivity contribution in [3.05, 3.63) is 106 Å². The molecular formula is C25H23FN3O2+. The normalized spacial score (nSPS) is 19.3. The minimum atomic E-state index is -0.819. The smallest absolute Gasteiger partial charge is 0.304 e. The van der Waals surface area contributed by atoms with Crippen LogP contribution in [0.4, 0.5) is 4.39 Å². The van der Waals surface area contributed by atoms with Gasteiger partial charge in [0.15, 0.2) is 6.04 Å². The fraction of sp³-hybridized carbons (Fsp3) is 0.160. The lowest BCUT2D eigenvalue weighted by molar-refractivity contribution is -0.596. The molecule has 3 aromatic rings. The molecule has 6 heteroatoms. The van der Waals surface area contributed by atoms with Gasteiger partial charge in [0, 0.05) is 16.7 Å². The topological polar surface area (TPSA) is 61.2 Å². The maximum Gasteiger partial charge on any atom is 0.304 e. The summed E-state index contributed by atoms with van der Waals surface area (Å²) >= 11 is 0. The zero-order chi connectivity index (χ0) is 22.0. The summed E-state index contributed by atoms with van der Waals surface area (Å²) in [5.74, 6) is -1.17. The van der Waals surface area contributed by atoms with Crippen LogP contribution in [-0.2, 0) is 4.79 Å². The Morgan fingerprint density at radius 2 is 1.68 bits per heavy atom. The van der Waals surface area contributed by atoms with Crippen molar-refractivity contribution in [2.24, 2.45) is 0 Å². The van der Waals surface area contributed by atoms with Crippen LogP contribution >= 0.6 is 0 Å². The number of carbonyl (C=O) groups excluding carboxylic acids is 2. The molecule has 1 heterocycles. The van der Waals surface area contributed by atoms with Crippen molar-refractivity contribution in [1.82, 2.24) is 10.7 Å². The molecular weight excluding hydrogens is 393 g/mol. The molecule has 0 aromatic heterocycles. The van der Waals surface area contributed by atoms with E-state index in [4.69, 9.17) is 0 Å². The Hall–Kier alpha value is -3.80. The van der Waals surface area contributed by atoms with Gasteiger partial charge in [0.05, 0.1) is 0 Å². The number of halogens is 1. The Morgan fingerprint density at radius 3 is 2.35 bits per heavy atom. The van der Waals surface area contributed by atoms with Crippen LogP contribution in [0, 0.1) is 19.7 Å². The van der Waals surface area contributed by atoms with E-state index in [1.54, 1.807) is 4.68 Å². The summed E-state index contributed by atoms with van der Waals surface area (Å²) in [5.41, 5.74) is 7.18. The number of hydrogen-bond acceptors (Lipinski definition) is 2. The van der Waals surface area contributed by atoms with Gasteiger partial charge in [-0.05, 0) is 49.7 Å². The third-order valence-corrected chi connectivity index (χ3v) is 5.42. The summed E-state index contributed by atoms with van der Waals surface area (Å²) in [6, 6.07) is 19.7. The maximum absolute atomic E-state index is 13.2. The molecule has 0 aliphatic carbocycles. The van der Waals surface area contributed by atoms with Crippen molar-refractivity contribution in [2.45, 2.75) is 25.9 Å². The van der Waals surface area contributed by atoms with E-state index in [1.807, 2.05) is 68.6 Å². The van der Waals surface area contributed by atoms with Crippen LogP contribution in [0.1, 0.15) is 38.7 Å². The van der Waals surface area contributed by atoms with E-state index < -0.39 is 23.8 Å². The first-order valence-corrected chi connectivity index (χ1v) is 10.0. The van der Waals surface area contributed by atoms with Crippen molar-refractivity contribution in [3.8, 4) is 0 Å². The highest BCUT2D eigenvalue weighted by Gasteiger charge is 2.47. The van der Waals surface area contributed by atoms with Crippen LogP contribution < -0.4 is 10.7 Å². The molecule has 0 unspecified atom stereocenters. The molecule has 2 amide bonds. The summed E-state index contributed by atoms with van der Waals surface area (Å²) in [5, 5.41) is 2.82. The second kappa shape index (κ2) is 8.52. The summed E-state index contributed by atoms with van der Waals surface area (Å²) in [6.07, 6.45) is 1.88. The Morgan fingerprint density at radius 1 is 1.00 bits per heavy atom. The number of nitrogens with one attached hydrogen (secondary N) is 2. The molecule has 4 rings (SSSR count). The molecule has 1 aliphatic rings. The Balaban J connectivity index is 1.71. The van der Waals surface area contributed by atoms with E-state index in [-0.39, 0.29) is 11.5 Å². The molecule has 156 valence electrons. The molecule has 2 N–H and O–H groups in total. The van der Waals surface area contributed by atoms with Gasteiger partial charge < -0.3 is 5.32 Å². The quantitative estimate of drug-likeness (QED) is 0.640. The number of aryl methyl sites for hydroxylation is 2. The Labute approximate surface area is 180 Å². The summed E-state index contributed by atoms with van der Waals surface area (Å²) in [6.45, 7) is 3.99. The van der Waals surface area contributed by atoms with Crippen molar-refractivity contribution in [1.29, 1.82) is 0 Å². The average molecular weight is 416 g/mol. The Bertz CT molecular complexity index is 1150. The first-order valence-electron chi connectivity index (χ1n) is 10.0. The number of carbonyl (C=O) groups is 2. The highest BCUT2D eigenvalue weighted by molar-refractivity contribution is 5.98. The van der Waals surface area contributed by atoms with Gasteiger partial charge in [-0.2, -0.15) is 0 Å². The predicted octanol–water partition coefficient (Wildman–Crippen LogP) is 3.46. The van der Waals surface area contributed by atoms with Gasteiger partial charge in [-0.3, -0.25) is 9.59 Å². The van der Waals surface area contributed by atoms with Crippen LogP contribution in [0.3, 0.4) is 0 Å². The van der Waals surface area contributed by atoms with Crippen LogP contribution in [-0.4, -0.2) is 28.8 Å². The number of amides is 2. The van der Waals surface area contributed by atoms with E-state index in [0.717, 1.165) is 22.3 Å². The fourth-order valence-corrected chi connectivity index (χ4v) is 3.65. The monoisotopic (exact) mass is 416 g/mol. The van der Waals surface area contributed by atoms with E-state index >= 15 is 0 Å². The first kappa shape index (κ1) is 20.5. The molecule has 0 spiro atoms. The van der Waals surface area contributed by atoms with Crippen molar-refractivity contribution in [3.63, 3.8) is 0 Å². The van der Waals surface area contributed by atoms with E-state index in [2.05, 4.69) is 10.7 Å². The van der Waals surface area contributed by atoms with Crippen LogP contribution in [0.15, 0.2) is 72.8 Å². The molecule has 0 bridgehead atoms. The molecule has 1 saturated heterocycles. The molecule has 3 aromatic carbocycles. The number of rotatable bonds is 4. The molecule has 0 radical (unpaired) electrons. The summed E-state index contributed by atoms with van der Waals surface area (Å²) in [4.78, 5) is 25.6. The van der Waals surface area contributed by atoms with Gasteiger partial charge in [-0.15, -0.1) is 10.1 Å². The molecule has 0 saturated carbocycles. The number of benzene rings is 3. The molecule has 5 nitrogen and oxygen atoms in total. The molecule has 2 atom stereocenters. The minimum Gasteiger partial charge on any atom is -0.334 e. The average Bonchev–Trinajstić information content (AvgIpc) is 3.05. The van der Waals surface area contributed by atoms with Gasteiger partial charge in [0.2, 0.25) is 12.3 Å². The SMILES string of the molecule is Cc1ccc([C@@H]2[C@H](NC(=O)c3ccc(F)cc3)C(=O)N/[N+]2=C\c2ccccc2C)cc1. The van der Waals surface area contributed by atoms with Crippen LogP contribution in [0.25, 0.3) is 0 Å². The van der Waals surface area contributed by atoms with Gasteiger partial charge >= 0.3 is 5.91 Å². The van der Waals surface area contributed by atoms with E-state index in [9.17, 15) is 14.0 Å². The number of hydrazone groups is 1.